The molecule has 0 N–H and O–H groups in total. The van der Waals surface area contributed by atoms with Crippen molar-refractivity contribution < 1.29 is 18.3 Å². The number of carbonyl (C=O) groups is 1. The van der Waals surface area contributed by atoms with Crippen LogP contribution in [0.15, 0.2) is 18.2 Å². The summed E-state index contributed by atoms with van der Waals surface area (Å²) in [6.45, 7) is 11.4. The Morgan fingerprint density at radius 3 is 2.46 bits per heavy atom. The van der Waals surface area contributed by atoms with Crippen molar-refractivity contribution in [2.75, 3.05) is 25.6 Å². The van der Waals surface area contributed by atoms with Gasteiger partial charge in [0.15, 0.2) is 0 Å². The normalized spacial score (nSPS) is 14.8. The van der Waals surface area contributed by atoms with E-state index in [4.69, 9.17) is 9.16 Å². The molecule has 0 bridgehead atoms. The Labute approximate surface area is 144 Å². The van der Waals surface area contributed by atoms with E-state index < -0.39 is 20.1 Å². The minimum absolute atomic E-state index is 0.0167. The third kappa shape index (κ3) is 3.33. The van der Waals surface area contributed by atoms with E-state index in [1.165, 1.54) is 19.2 Å². The molecule has 1 aliphatic rings. The third-order valence-corrected chi connectivity index (χ3v) is 9.21. The topological polar surface area (TPSA) is 38.8 Å². The van der Waals surface area contributed by atoms with Crippen molar-refractivity contribution >= 4 is 25.7 Å². The maximum atomic E-state index is 14.0. The SMILES string of the molecule is COC(=O)c1cc(F)cc2c1C(O[Si](C)(C)C(C)(C)C)=CCN2C. The second-order valence-corrected chi connectivity index (χ2v) is 12.4. The van der Waals surface area contributed by atoms with Crippen LogP contribution in [0.4, 0.5) is 10.1 Å². The Hall–Kier alpha value is -1.82. The number of rotatable bonds is 3. The summed E-state index contributed by atoms with van der Waals surface area (Å²) in [4.78, 5) is 14.1. The molecule has 1 aromatic rings. The van der Waals surface area contributed by atoms with Crippen molar-refractivity contribution in [3.05, 3.63) is 35.2 Å². The van der Waals surface area contributed by atoms with Crippen LogP contribution in [0.1, 0.15) is 36.7 Å². The first kappa shape index (κ1) is 18.5. The second-order valence-electron chi connectivity index (χ2n) is 7.65. The first-order valence-electron chi connectivity index (χ1n) is 8.00. The van der Waals surface area contributed by atoms with Gasteiger partial charge in [0.1, 0.15) is 11.6 Å². The van der Waals surface area contributed by atoms with Gasteiger partial charge in [-0.25, -0.2) is 9.18 Å². The van der Waals surface area contributed by atoms with E-state index in [1.807, 2.05) is 18.0 Å². The highest BCUT2D eigenvalue weighted by atomic mass is 28.4. The van der Waals surface area contributed by atoms with Crippen LogP contribution in [0, 0.1) is 5.82 Å². The van der Waals surface area contributed by atoms with Gasteiger partial charge >= 0.3 is 5.97 Å². The van der Waals surface area contributed by atoms with Crippen molar-refractivity contribution in [1.82, 2.24) is 0 Å². The summed E-state index contributed by atoms with van der Waals surface area (Å²) in [6.07, 6.45) is 1.95. The number of ether oxygens (including phenoxy) is 1. The monoisotopic (exact) mass is 351 g/mol. The number of halogens is 1. The van der Waals surface area contributed by atoms with Gasteiger partial charge in [0, 0.05) is 13.6 Å². The van der Waals surface area contributed by atoms with Gasteiger partial charge in [0.2, 0.25) is 8.32 Å². The molecule has 6 heteroatoms. The minimum Gasteiger partial charge on any atom is -0.543 e. The molecule has 1 aliphatic heterocycles. The van der Waals surface area contributed by atoms with E-state index in [9.17, 15) is 9.18 Å². The lowest BCUT2D eigenvalue weighted by molar-refractivity contribution is 0.0599. The summed E-state index contributed by atoms with van der Waals surface area (Å²) >= 11 is 0. The quantitative estimate of drug-likeness (QED) is 0.597. The van der Waals surface area contributed by atoms with Gasteiger partial charge < -0.3 is 14.1 Å². The molecular weight excluding hydrogens is 325 g/mol. The standard InChI is InChI=1S/C18H26FNO3Si/c1-18(2,3)24(6,7)23-15-8-9-20(4)14-11-12(19)10-13(16(14)15)17(21)22-5/h8,10-11H,9H2,1-7H3. The number of hydrogen-bond donors (Lipinski definition) is 0. The van der Waals surface area contributed by atoms with Crippen LogP contribution in [0.5, 0.6) is 0 Å². The lowest BCUT2D eigenvalue weighted by atomic mass is 9.99. The van der Waals surface area contributed by atoms with Gasteiger partial charge in [-0.05, 0) is 36.3 Å². The summed E-state index contributed by atoms with van der Waals surface area (Å²) in [5.41, 5.74) is 1.46. The van der Waals surface area contributed by atoms with Crippen LogP contribution in [-0.4, -0.2) is 35.0 Å². The van der Waals surface area contributed by atoms with Gasteiger partial charge in [0.05, 0.1) is 23.9 Å². The molecule has 24 heavy (non-hydrogen) atoms. The fourth-order valence-electron chi connectivity index (χ4n) is 2.36. The van der Waals surface area contributed by atoms with E-state index in [2.05, 4.69) is 33.9 Å². The molecule has 0 aromatic heterocycles. The lowest BCUT2D eigenvalue weighted by Gasteiger charge is -2.39. The highest BCUT2D eigenvalue weighted by Crippen LogP contribution is 2.43. The van der Waals surface area contributed by atoms with Gasteiger partial charge in [0.25, 0.3) is 0 Å². The first-order valence-corrected chi connectivity index (χ1v) is 10.9. The van der Waals surface area contributed by atoms with Crippen molar-refractivity contribution in [3.63, 3.8) is 0 Å². The summed E-state index contributed by atoms with van der Waals surface area (Å²) in [7, 11) is 1.06. The summed E-state index contributed by atoms with van der Waals surface area (Å²) in [5.74, 6) is -0.379. The number of anilines is 1. The number of esters is 1. The lowest BCUT2D eigenvalue weighted by Crippen LogP contribution is -2.41. The van der Waals surface area contributed by atoms with Crippen LogP contribution in [-0.2, 0) is 9.16 Å². The molecule has 1 heterocycles. The van der Waals surface area contributed by atoms with E-state index in [-0.39, 0.29) is 10.6 Å². The average molecular weight is 351 g/mol. The minimum atomic E-state index is -2.10. The van der Waals surface area contributed by atoms with Crippen LogP contribution in [0.3, 0.4) is 0 Å². The van der Waals surface area contributed by atoms with Gasteiger partial charge in [-0.3, -0.25) is 0 Å². The molecule has 132 valence electrons. The fraction of sp³-hybridized carbons (Fsp3) is 0.500. The number of fused-ring (bicyclic) bond motifs is 1. The second kappa shape index (κ2) is 6.24. The zero-order valence-corrected chi connectivity index (χ0v) is 16.5. The maximum absolute atomic E-state index is 14.0. The summed E-state index contributed by atoms with van der Waals surface area (Å²) < 4.78 is 25.3. The van der Waals surface area contributed by atoms with E-state index in [1.54, 1.807) is 0 Å². The summed E-state index contributed by atoms with van der Waals surface area (Å²) in [5, 5.41) is 0.0167. The van der Waals surface area contributed by atoms with E-state index in [0.29, 0.717) is 23.6 Å². The Balaban J connectivity index is 2.59. The number of methoxy groups -OCH3 is 1. The van der Waals surface area contributed by atoms with Gasteiger partial charge in [-0.1, -0.05) is 20.8 Å². The number of hydrogen-bond acceptors (Lipinski definition) is 4. The zero-order valence-electron chi connectivity index (χ0n) is 15.5. The molecule has 0 atom stereocenters. The zero-order chi connectivity index (χ0) is 18.3. The number of benzene rings is 1. The Kier molecular flexibility index (Phi) is 4.81. The molecule has 4 nitrogen and oxygen atoms in total. The van der Waals surface area contributed by atoms with Crippen LogP contribution in [0.2, 0.25) is 18.1 Å². The molecule has 0 unspecified atom stereocenters. The maximum Gasteiger partial charge on any atom is 0.338 e. The van der Waals surface area contributed by atoms with Crippen LogP contribution in [0.25, 0.3) is 5.76 Å². The van der Waals surface area contributed by atoms with E-state index in [0.717, 1.165) is 0 Å². The largest absolute Gasteiger partial charge is 0.543 e. The highest BCUT2D eigenvalue weighted by Gasteiger charge is 2.41. The number of nitrogens with zero attached hydrogens (tertiary/aromatic N) is 1. The molecule has 0 spiro atoms. The number of likely N-dealkylation sites (N-methyl/N-ethyl adjacent to an activating group) is 1. The van der Waals surface area contributed by atoms with Crippen molar-refractivity contribution in [1.29, 1.82) is 0 Å². The predicted molar refractivity (Wildman–Crippen MR) is 97.3 cm³/mol. The van der Waals surface area contributed by atoms with Crippen LogP contribution < -0.4 is 4.90 Å². The van der Waals surface area contributed by atoms with E-state index >= 15 is 0 Å². The molecular formula is C18H26FNO3Si. The van der Waals surface area contributed by atoms with Crippen LogP contribution >= 0.6 is 0 Å². The average Bonchev–Trinajstić information content (AvgIpc) is 2.47. The molecule has 0 saturated carbocycles. The Morgan fingerprint density at radius 1 is 1.29 bits per heavy atom. The fourth-order valence-corrected chi connectivity index (χ4v) is 3.41. The predicted octanol–water partition coefficient (Wildman–Crippen LogP) is 4.42. The molecule has 0 amide bonds. The van der Waals surface area contributed by atoms with Gasteiger partial charge in [-0.2, -0.15) is 0 Å². The van der Waals surface area contributed by atoms with Gasteiger partial charge in [-0.15, -0.1) is 0 Å². The number of carbonyl (C=O) groups excluding carboxylic acids is 1. The highest BCUT2D eigenvalue weighted by molar-refractivity contribution is 6.74. The Morgan fingerprint density at radius 2 is 1.92 bits per heavy atom. The van der Waals surface area contributed by atoms with Crippen molar-refractivity contribution in [2.45, 2.75) is 38.9 Å². The molecule has 0 aliphatic carbocycles. The third-order valence-electron chi connectivity index (χ3n) is 4.87. The molecule has 0 fully saturated rings. The molecule has 0 radical (unpaired) electrons. The molecule has 1 aromatic carbocycles. The molecule has 2 rings (SSSR count). The molecule has 0 saturated heterocycles. The van der Waals surface area contributed by atoms with Crippen molar-refractivity contribution in [3.8, 4) is 0 Å². The Bertz CT molecular complexity index is 692. The summed E-state index contributed by atoms with van der Waals surface area (Å²) in [6, 6.07) is 2.65. The smallest absolute Gasteiger partial charge is 0.338 e. The van der Waals surface area contributed by atoms with Crippen molar-refractivity contribution in [2.24, 2.45) is 0 Å². The first-order chi connectivity index (χ1) is 11.0.